The van der Waals surface area contributed by atoms with Crippen LogP contribution in [0.1, 0.15) is 349 Å². The van der Waals surface area contributed by atoms with Gasteiger partial charge in [-0.1, -0.05) is 272 Å². The highest BCUT2D eigenvalue weighted by molar-refractivity contribution is 7.47. The fourth-order valence-electron chi connectivity index (χ4n) is 11.3. The van der Waals surface area contributed by atoms with Crippen molar-refractivity contribution in [2.75, 3.05) is 65.9 Å². The van der Waals surface area contributed by atoms with Crippen LogP contribution in [0.2, 0.25) is 0 Å². The molecule has 23 heteroatoms. The van der Waals surface area contributed by atoms with Gasteiger partial charge in [-0.3, -0.25) is 42.1 Å². The SMILES string of the molecule is CCCCCCCCCCCCCC(=O)N[C@H](COCC[C@H](O)CCCCCCC)COP(=O)(O)OCCNC(=O)CC(=O)NCCOP(=O)(O)OC[C@@H](COCC[C@@H](CCCCCCC)OC(=O)CCCCCCCCCCC)NC(=O)CCCCCCCCCCCCC. The Bertz CT molecular complexity index is 1930. The first-order chi connectivity index (χ1) is 46.5. The van der Waals surface area contributed by atoms with Crippen LogP contribution in [-0.4, -0.2) is 135 Å². The Kier molecular flexibility index (Phi) is 66.4. The quantitative estimate of drug-likeness (QED) is 0.0129. The molecule has 0 aliphatic heterocycles. The summed E-state index contributed by atoms with van der Waals surface area (Å²) >= 11 is 0. The maximum Gasteiger partial charge on any atom is 0.472 e. The largest absolute Gasteiger partial charge is 0.472 e. The van der Waals surface area contributed by atoms with Gasteiger partial charge in [0, 0.05) is 45.4 Å². The molecule has 0 bridgehead atoms. The number of aliphatic hydroxyl groups excluding tert-OH is 1. The van der Waals surface area contributed by atoms with Crippen molar-refractivity contribution in [1.29, 1.82) is 0 Å². The van der Waals surface area contributed by atoms with Crippen LogP contribution in [0.25, 0.3) is 0 Å². The molecular formula is C73H144N4O17P2. The van der Waals surface area contributed by atoms with Crippen molar-refractivity contribution in [3.63, 3.8) is 0 Å². The first-order valence-electron chi connectivity index (χ1n) is 38.9. The zero-order valence-electron chi connectivity index (χ0n) is 61.5. The normalized spacial score (nSPS) is 14.1. The molecule has 0 rings (SSSR count). The molecule has 21 nitrogen and oxygen atoms in total. The standard InChI is InChI=1S/C73H144N4O17P2/c1-6-11-16-21-24-27-29-32-34-39-44-49-69(79)76-65(61-88-56-52-67(78)47-42-37-19-14-9-4)63-92-95(84,85)90-58-54-74-71(81)60-72(82)75-55-59-91-96(86,87)93-64-66(77-70(80)50-45-40-35-33-30-28-25-22-17-12-7-2)62-89-57-53-68(48-43-38-20-15-10-5)94-73(83)51-46-41-36-31-26-23-18-13-8-3/h65-68,78H,6-64H2,1-5H3,(H,74,81)(H,75,82)(H,76,79)(H,77,80)(H,84,85)(H,86,87)/t65-,66-,67-,68-/m1/s1. The molecule has 0 aliphatic rings. The number of unbranched alkanes of at least 4 members (excludes halogenated alkanes) is 36. The van der Waals surface area contributed by atoms with Crippen LogP contribution in [0.4, 0.5) is 0 Å². The lowest BCUT2D eigenvalue weighted by atomic mass is 10.1. The molecule has 0 aliphatic carbocycles. The zero-order chi connectivity index (χ0) is 70.7. The number of phosphoric acid groups is 2. The maximum atomic E-state index is 13.2. The van der Waals surface area contributed by atoms with Crippen molar-refractivity contribution in [2.45, 2.75) is 374 Å². The molecule has 0 saturated carbocycles. The predicted molar refractivity (Wildman–Crippen MR) is 385 cm³/mol. The second-order valence-corrected chi connectivity index (χ2v) is 29.6. The monoisotopic (exact) mass is 1410 g/mol. The Labute approximate surface area is 583 Å². The van der Waals surface area contributed by atoms with E-state index in [1.807, 2.05) is 0 Å². The van der Waals surface area contributed by atoms with Crippen molar-refractivity contribution < 1.29 is 80.3 Å². The molecule has 4 amide bonds. The van der Waals surface area contributed by atoms with Gasteiger partial charge in [0.1, 0.15) is 12.5 Å². The maximum absolute atomic E-state index is 13.2. The van der Waals surface area contributed by atoms with Crippen molar-refractivity contribution >= 4 is 45.2 Å². The number of nitrogens with one attached hydrogen (secondary N) is 4. The lowest BCUT2D eigenvalue weighted by Gasteiger charge is -2.22. The molecule has 0 fully saturated rings. The van der Waals surface area contributed by atoms with E-state index in [0.717, 1.165) is 122 Å². The van der Waals surface area contributed by atoms with E-state index in [4.69, 9.17) is 32.3 Å². The van der Waals surface area contributed by atoms with Gasteiger partial charge in [0.15, 0.2) is 0 Å². The summed E-state index contributed by atoms with van der Waals surface area (Å²) in [5.74, 6) is -2.14. The van der Waals surface area contributed by atoms with E-state index in [-0.39, 0.29) is 76.2 Å². The van der Waals surface area contributed by atoms with E-state index in [1.54, 1.807) is 0 Å². The van der Waals surface area contributed by atoms with Crippen molar-refractivity contribution in [3.8, 4) is 0 Å². The summed E-state index contributed by atoms with van der Waals surface area (Å²) in [5, 5.41) is 21.1. The third-order valence-electron chi connectivity index (χ3n) is 17.2. The minimum Gasteiger partial charge on any atom is -0.462 e. The van der Waals surface area contributed by atoms with E-state index in [2.05, 4.69) is 55.9 Å². The minimum atomic E-state index is -4.71. The topological polar surface area (TPSA) is 293 Å². The van der Waals surface area contributed by atoms with Crippen molar-refractivity contribution in [3.05, 3.63) is 0 Å². The highest BCUT2D eigenvalue weighted by Crippen LogP contribution is 2.44. The second kappa shape index (κ2) is 68.2. The zero-order valence-corrected chi connectivity index (χ0v) is 63.3. The lowest BCUT2D eigenvalue weighted by Crippen LogP contribution is -2.41. The number of rotatable bonds is 75. The van der Waals surface area contributed by atoms with E-state index in [0.29, 0.717) is 38.5 Å². The molecule has 6 atom stereocenters. The Morgan fingerprint density at radius 3 is 1.02 bits per heavy atom. The number of hydrogen-bond donors (Lipinski definition) is 7. The number of amides is 4. The minimum absolute atomic E-state index is 0.0234. The van der Waals surface area contributed by atoms with E-state index in [9.17, 15) is 48.0 Å². The molecule has 568 valence electrons. The van der Waals surface area contributed by atoms with E-state index < -0.39 is 78.5 Å². The average molecular weight is 1410 g/mol. The van der Waals surface area contributed by atoms with Crippen molar-refractivity contribution in [2.24, 2.45) is 0 Å². The molecule has 0 saturated heterocycles. The Balaban J connectivity index is 5.25. The number of phosphoric ester groups is 2. The second-order valence-electron chi connectivity index (χ2n) is 26.6. The molecule has 0 heterocycles. The van der Waals surface area contributed by atoms with Gasteiger partial charge in [-0.15, -0.1) is 0 Å². The predicted octanol–water partition coefficient (Wildman–Crippen LogP) is 17.0. The molecule has 0 spiro atoms. The van der Waals surface area contributed by atoms with Gasteiger partial charge in [0.25, 0.3) is 0 Å². The van der Waals surface area contributed by atoms with Gasteiger partial charge in [-0.25, -0.2) is 9.13 Å². The Morgan fingerprint density at radius 2 is 0.656 bits per heavy atom. The number of esters is 1. The third-order valence-corrected chi connectivity index (χ3v) is 19.1. The number of hydrogen-bond acceptors (Lipinski definition) is 15. The number of ether oxygens (including phenoxy) is 3. The summed E-state index contributed by atoms with van der Waals surface area (Å²) in [6.45, 7) is 9.13. The number of carbonyl (C=O) groups excluding carboxylic acids is 5. The lowest BCUT2D eigenvalue weighted by molar-refractivity contribution is -0.150. The molecular weight excluding hydrogens is 1270 g/mol. The van der Waals surface area contributed by atoms with Gasteiger partial charge < -0.3 is 50.4 Å². The van der Waals surface area contributed by atoms with Crippen LogP contribution in [0, 0.1) is 0 Å². The average Bonchev–Trinajstić information content (AvgIpc) is 3.02. The fraction of sp³-hybridized carbons (Fsp3) is 0.932. The van der Waals surface area contributed by atoms with Crippen LogP contribution in [0.3, 0.4) is 0 Å². The molecule has 0 aromatic heterocycles. The highest BCUT2D eigenvalue weighted by atomic mass is 31.2. The highest BCUT2D eigenvalue weighted by Gasteiger charge is 2.27. The smallest absolute Gasteiger partial charge is 0.462 e. The molecule has 0 aromatic rings. The van der Waals surface area contributed by atoms with Crippen LogP contribution in [-0.2, 0) is 65.4 Å². The molecule has 96 heavy (non-hydrogen) atoms. The summed E-state index contributed by atoms with van der Waals surface area (Å²) < 4.78 is 64.6. The van der Waals surface area contributed by atoms with Crippen LogP contribution in [0.15, 0.2) is 0 Å². The van der Waals surface area contributed by atoms with Crippen LogP contribution >= 0.6 is 15.6 Å². The molecule has 2 unspecified atom stereocenters. The van der Waals surface area contributed by atoms with Gasteiger partial charge in [0.2, 0.25) is 23.6 Å². The molecule has 0 aromatic carbocycles. The van der Waals surface area contributed by atoms with Crippen LogP contribution in [0.5, 0.6) is 0 Å². The van der Waals surface area contributed by atoms with E-state index in [1.165, 1.54) is 135 Å². The summed E-state index contributed by atoms with van der Waals surface area (Å²) in [6, 6.07) is -1.59. The Morgan fingerprint density at radius 1 is 0.344 bits per heavy atom. The number of carbonyl (C=O) groups is 5. The summed E-state index contributed by atoms with van der Waals surface area (Å²) in [6.07, 6.45) is 48.1. The summed E-state index contributed by atoms with van der Waals surface area (Å²) in [4.78, 5) is 85.5. The first-order valence-corrected chi connectivity index (χ1v) is 41.9. The third kappa shape index (κ3) is 66.0. The summed E-state index contributed by atoms with van der Waals surface area (Å²) in [5.41, 5.74) is 0. The van der Waals surface area contributed by atoms with Crippen molar-refractivity contribution in [1.82, 2.24) is 21.3 Å². The van der Waals surface area contributed by atoms with Gasteiger partial charge in [0.05, 0.1) is 64.4 Å². The summed E-state index contributed by atoms with van der Waals surface area (Å²) in [7, 11) is -9.39. The molecule has 7 N–H and O–H groups in total. The first kappa shape index (κ1) is 93.5. The van der Waals surface area contributed by atoms with Gasteiger partial charge in [-0.2, -0.15) is 0 Å². The van der Waals surface area contributed by atoms with Crippen LogP contribution < -0.4 is 21.3 Å². The van der Waals surface area contributed by atoms with E-state index >= 15 is 0 Å². The van der Waals surface area contributed by atoms with Gasteiger partial charge in [-0.05, 0) is 44.9 Å². The van der Waals surface area contributed by atoms with Gasteiger partial charge >= 0.3 is 21.6 Å². The molecule has 0 radical (unpaired) electrons. The number of aliphatic hydroxyl groups is 1. The fourth-order valence-corrected chi connectivity index (χ4v) is 12.8. The Hall–Kier alpha value is -2.55.